The first-order chi connectivity index (χ1) is 8.75. The van der Waals surface area contributed by atoms with Crippen molar-refractivity contribution < 1.29 is 9.13 Å². The van der Waals surface area contributed by atoms with E-state index in [0.29, 0.717) is 43.0 Å². The van der Waals surface area contributed by atoms with Crippen LogP contribution in [-0.4, -0.2) is 36.3 Å². The normalized spacial score (nSPS) is 16.2. The maximum absolute atomic E-state index is 14.0. The van der Waals surface area contributed by atoms with Gasteiger partial charge >= 0.3 is 0 Å². The first kappa shape index (κ1) is 11.6. The lowest BCUT2D eigenvalue weighted by Crippen LogP contribution is -2.37. The van der Waals surface area contributed by atoms with E-state index in [1.54, 1.807) is 12.1 Å². The predicted octanol–water partition coefficient (Wildman–Crippen LogP) is 2.26. The van der Waals surface area contributed by atoms with E-state index in [1.165, 1.54) is 6.07 Å². The van der Waals surface area contributed by atoms with E-state index in [9.17, 15) is 4.39 Å². The fourth-order valence-electron chi connectivity index (χ4n) is 2.10. The van der Waals surface area contributed by atoms with Gasteiger partial charge in [-0.05, 0) is 23.7 Å². The molecule has 1 fully saturated rings. The van der Waals surface area contributed by atoms with Crippen LogP contribution in [0.1, 0.15) is 0 Å². The minimum Gasteiger partial charge on any atom is -0.378 e. The molecule has 3 rings (SSSR count). The Kier molecular flexibility index (Phi) is 3.01. The molecule has 94 valence electrons. The second kappa shape index (κ2) is 4.66. The molecule has 1 aliphatic heterocycles. The summed E-state index contributed by atoms with van der Waals surface area (Å²) in [6, 6.07) is 4.75. The van der Waals surface area contributed by atoms with Gasteiger partial charge in [0.1, 0.15) is 11.6 Å². The van der Waals surface area contributed by atoms with Gasteiger partial charge < -0.3 is 9.64 Å². The summed E-state index contributed by atoms with van der Waals surface area (Å²) < 4.78 is 19.2. The van der Waals surface area contributed by atoms with Crippen molar-refractivity contribution in [2.75, 3.05) is 31.2 Å². The van der Waals surface area contributed by atoms with Crippen molar-refractivity contribution in [1.29, 1.82) is 0 Å². The summed E-state index contributed by atoms with van der Waals surface area (Å²) in [5.74, 6) is 0.219. The molecule has 0 radical (unpaired) electrons. The minimum absolute atomic E-state index is 0.134. The molecule has 2 heterocycles. The fraction of sp³-hybridized carbons (Fsp3) is 0.333. The molecule has 0 atom stereocenters. The first-order valence-electron chi connectivity index (χ1n) is 5.70. The summed E-state index contributed by atoms with van der Waals surface area (Å²) in [6.45, 7) is 2.57. The second-order valence-corrected chi connectivity index (χ2v) is 4.39. The van der Waals surface area contributed by atoms with E-state index >= 15 is 0 Å². The highest BCUT2D eigenvalue weighted by Gasteiger charge is 2.19. The van der Waals surface area contributed by atoms with Crippen LogP contribution in [0.3, 0.4) is 0 Å². The van der Waals surface area contributed by atoms with Crippen LogP contribution in [0.15, 0.2) is 18.2 Å². The zero-order valence-electron chi connectivity index (χ0n) is 9.57. The molecule has 18 heavy (non-hydrogen) atoms. The standard InChI is InChI=1S/C12H11ClFN3O/c13-12-15-9-3-1-2-8(14)10(9)11(16-12)17-4-6-18-7-5-17/h1-3H,4-7H2. The van der Waals surface area contributed by atoms with E-state index in [1.807, 2.05) is 4.90 Å². The molecule has 1 aliphatic rings. The van der Waals surface area contributed by atoms with Crippen LogP contribution in [0.5, 0.6) is 0 Å². The quantitative estimate of drug-likeness (QED) is 0.743. The summed E-state index contributed by atoms with van der Waals surface area (Å²) >= 11 is 5.89. The fourth-order valence-corrected chi connectivity index (χ4v) is 2.27. The van der Waals surface area contributed by atoms with Crippen LogP contribution >= 0.6 is 11.6 Å². The van der Waals surface area contributed by atoms with Crippen LogP contribution in [0.25, 0.3) is 10.9 Å². The Bertz CT molecular complexity index is 587. The summed E-state index contributed by atoms with van der Waals surface area (Å²) in [4.78, 5) is 10.2. The molecule has 0 bridgehead atoms. The molecule has 6 heteroatoms. The average Bonchev–Trinajstić information content (AvgIpc) is 2.39. The van der Waals surface area contributed by atoms with Gasteiger partial charge in [-0.1, -0.05) is 6.07 Å². The molecular weight excluding hydrogens is 257 g/mol. The zero-order valence-corrected chi connectivity index (χ0v) is 10.3. The Morgan fingerprint density at radius 1 is 1.22 bits per heavy atom. The van der Waals surface area contributed by atoms with Crippen molar-refractivity contribution in [3.05, 3.63) is 29.3 Å². The number of rotatable bonds is 1. The summed E-state index contributed by atoms with van der Waals surface area (Å²) in [6.07, 6.45) is 0. The van der Waals surface area contributed by atoms with Crippen molar-refractivity contribution in [1.82, 2.24) is 9.97 Å². The van der Waals surface area contributed by atoms with Crippen molar-refractivity contribution in [2.45, 2.75) is 0 Å². The van der Waals surface area contributed by atoms with Crippen molar-refractivity contribution in [2.24, 2.45) is 0 Å². The van der Waals surface area contributed by atoms with Crippen molar-refractivity contribution >= 4 is 28.3 Å². The van der Waals surface area contributed by atoms with Crippen molar-refractivity contribution in [3.8, 4) is 0 Å². The first-order valence-corrected chi connectivity index (χ1v) is 6.08. The molecule has 1 saturated heterocycles. The number of anilines is 1. The van der Waals surface area contributed by atoms with Crippen LogP contribution in [0.4, 0.5) is 10.2 Å². The Morgan fingerprint density at radius 2 is 2.00 bits per heavy atom. The lowest BCUT2D eigenvalue weighted by molar-refractivity contribution is 0.122. The molecule has 0 saturated carbocycles. The third-order valence-corrected chi connectivity index (χ3v) is 3.11. The average molecular weight is 268 g/mol. The minimum atomic E-state index is -0.328. The third-order valence-electron chi connectivity index (χ3n) is 2.94. The monoisotopic (exact) mass is 267 g/mol. The largest absolute Gasteiger partial charge is 0.378 e. The molecule has 0 amide bonds. The zero-order chi connectivity index (χ0) is 12.5. The van der Waals surface area contributed by atoms with Crippen molar-refractivity contribution in [3.63, 3.8) is 0 Å². The molecule has 2 aromatic rings. The number of hydrogen-bond donors (Lipinski definition) is 0. The van der Waals surface area contributed by atoms with E-state index < -0.39 is 0 Å². The Hall–Kier alpha value is -1.46. The number of halogens is 2. The molecule has 1 aromatic carbocycles. The van der Waals surface area contributed by atoms with Gasteiger partial charge in [0.05, 0.1) is 24.1 Å². The van der Waals surface area contributed by atoms with E-state index in [0.717, 1.165) is 0 Å². The number of fused-ring (bicyclic) bond motifs is 1. The maximum Gasteiger partial charge on any atom is 0.224 e. The van der Waals surface area contributed by atoms with Gasteiger partial charge in [0, 0.05) is 13.1 Å². The SMILES string of the molecule is Fc1cccc2nc(Cl)nc(N3CCOCC3)c12. The van der Waals surface area contributed by atoms with Gasteiger partial charge in [-0.3, -0.25) is 0 Å². The van der Waals surface area contributed by atoms with E-state index in [2.05, 4.69) is 9.97 Å². The van der Waals surface area contributed by atoms with Gasteiger partial charge in [-0.2, -0.15) is 4.98 Å². The Balaban J connectivity index is 2.19. The smallest absolute Gasteiger partial charge is 0.224 e. The number of morpholine rings is 1. The summed E-state index contributed by atoms with van der Waals surface area (Å²) in [5.41, 5.74) is 0.525. The van der Waals surface area contributed by atoms with Gasteiger partial charge in [0.2, 0.25) is 5.28 Å². The lowest BCUT2D eigenvalue weighted by Gasteiger charge is -2.28. The van der Waals surface area contributed by atoms with Gasteiger partial charge in [-0.25, -0.2) is 9.37 Å². The van der Waals surface area contributed by atoms with Crippen LogP contribution in [-0.2, 0) is 4.74 Å². The molecule has 0 aliphatic carbocycles. The Morgan fingerprint density at radius 3 is 2.78 bits per heavy atom. The van der Waals surface area contributed by atoms with Gasteiger partial charge in [0.15, 0.2) is 0 Å². The van der Waals surface area contributed by atoms with Crippen LogP contribution in [0, 0.1) is 5.82 Å². The van der Waals surface area contributed by atoms with Crippen LogP contribution < -0.4 is 4.90 Å². The predicted molar refractivity (Wildman–Crippen MR) is 67.5 cm³/mol. The molecule has 1 aromatic heterocycles. The maximum atomic E-state index is 14.0. The summed E-state index contributed by atoms with van der Waals surface area (Å²) in [5, 5.41) is 0.554. The molecule has 0 spiro atoms. The number of aromatic nitrogens is 2. The number of nitrogens with zero attached hydrogens (tertiary/aromatic N) is 3. The molecular formula is C12H11ClFN3O. The summed E-state index contributed by atoms with van der Waals surface area (Å²) in [7, 11) is 0. The highest BCUT2D eigenvalue weighted by Crippen LogP contribution is 2.28. The Labute approximate surface area is 108 Å². The molecule has 0 unspecified atom stereocenters. The third kappa shape index (κ3) is 2.00. The van der Waals surface area contributed by atoms with E-state index in [-0.39, 0.29) is 11.1 Å². The lowest BCUT2D eigenvalue weighted by atomic mass is 10.2. The number of benzene rings is 1. The molecule has 4 nitrogen and oxygen atoms in total. The van der Waals surface area contributed by atoms with Crippen LogP contribution in [0.2, 0.25) is 5.28 Å². The number of hydrogen-bond acceptors (Lipinski definition) is 4. The number of ether oxygens (including phenoxy) is 1. The van der Waals surface area contributed by atoms with Gasteiger partial charge in [0.25, 0.3) is 0 Å². The highest BCUT2D eigenvalue weighted by molar-refractivity contribution is 6.28. The highest BCUT2D eigenvalue weighted by atomic mass is 35.5. The van der Waals surface area contributed by atoms with E-state index in [4.69, 9.17) is 16.3 Å². The second-order valence-electron chi connectivity index (χ2n) is 4.05. The molecule has 0 N–H and O–H groups in total. The van der Waals surface area contributed by atoms with Gasteiger partial charge in [-0.15, -0.1) is 0 Å². The topological polar surface area (TPSA) is 38.2 Å².